The number of aromatic carboxylic acids is 1. The zero-order valence-corrected chi connectivity index (χ0v) is 15.0. The Labute approximate surface area is 162 Å². The van der Waals surface area contributed by atoms with Crippen LogP contribution >= 0.6 is 11.3 Å². The average molecular weight is 392 g/mol. The molecule has 0 atom stereocenters. The lowest BCUT2D eigenvalue weighted by molar-refractivity contribution is -0.182. The van der Waals surface area contributed by atoms with Gasteiger partial charge in [-0.05, 0) is 48.5 Å². The third-order valence-electron chi connectivity index (χ3n) is 4.01. The molecule has 0 fully saturated rings. The van der Waals surface area contributed by atoms with Gasteiger partial charge in [0.25, 0.3) is 0 Å². The Morgan fingerprint density at radius 2 is 1.79 bits per heavy atom. The lowest BCUT2D eigenvalue weighted by Crippen LogP contribution is -2.06. The Kier molecular flexibility index (Phi) is 4.56. The number of hydrogen-bond donors (Lipinski definition) is 2. The van der Waals surface area contributed by atoms with E-state index in [9.17, 15) is 14.7 Å². The lowest BCUT2D eigenvalue weighted by Gasteiger charge is -2.06. The molecule has 2 aromatic rings. The van der Waals surface area contributed by atoms with Crippen LogP contribution in [0.5, 0.6) is 0 Å². The van der Waals surface area contributed by atoms with E-state index < -0.39 is 11.9 Å². The van der Waals surface area contributed by atoms with Crippen molar-refractivity contribution in [3.63, 3.8) is 0 Å². The fourth-order valence-corrected chi connectivity index (χ4v) is 3.75. The molecule has 0 amide bonds. The quantitative estimate of drug-likeness (QED) is 0.310. The van der Waals surface area contributed by atoms with E-state index in [0.717, 1.165) is 26.9 Å². The molecule has 2 aliphatic rings. The van der Waals surface area contributed by atoms with Gasteiger partial charge in [0.2, 0.25) is 0 Å². The van der Waals surface area contributed by atoms with Crippen molar-refractivity contribution in [3.05, 3.63) is 77.1 Å². The number of fused-ring (bicyclic) bond motifs is 2. The van der Waals surface area contributed by atoms with E-state index in [4.69, 9.17) is 5.26 Å². The van der Waals surface area contributed by atoms with Crippen molar-refractivity contribution in [2.24, 2.45) is 4.99 Å². The monoisotopic (exact) mass is 392 g/mol. The maximum absolute atomic E-state index is 11.6. The van der Waals surface area contributed by atoms with Gasteiger partial charge < -0.3 is 5.11 Å². The van der Waals surface area contributed by atoms with Gasteiger partial charge in [-0.25, -0.2) is 19.6 Å². The minimum Gasteiger partial charge on any atom is -0.478 e. The summed E-state index contributed by atoms with van der Waals surface area (Å²) in [4.78, 5) is 36.5. The molecule has 0 aromatic heterocycles. The molecular formula is C20H12N2O5S. The number of carboxylic acids is 1. The second-order valence-electron chi connectivity index (χ2n) is 5.90. The summed E-state index contributed by atoms with van der Waals surface area (Å²) in [7, 11) is 0. The SMILES string of the molecule is O=C(O)c1cc(/N=c2\ccc3nc4ccccc4sc-3c2)cc(C(=O)OO)c1. The third-order valence-corrected chi connectivity index (χ3v) is 5.12. The van der Waals surface area contributed by atoms with Gasteiger partial charge in [0, 0.05) is 0 Å². The highest BCUT2D eigenvalue weighted by Crippen LogP contribution is 2.29. The molecule has 1 aliphatic heterocycles. The Hall–Kier alpha value is -3.62. The molecule has 2 aromatic carbocycles. The lowest BCUT2D eigenvalue weighted by atomic mass is 10.1. The van der Waals surface area contributed by atoms with E-state index >= 15 is 0 Å². The molecule has 0 radical (unpaired) electrons. The molecule has 0 saturated carbocycles. The number of para-hydroxylation sites is 1. The standard InChI is InChI=1S/C20H12N2O5S/c23-19(24)11-7-12(20(25)27-26)9-14(8-11)21-13-5-6-16-18(10-13)28-17-4-2-1-3-15(17)22-16/h1-10,26H,(H,23,24)/b21-13+. The minimum atomic E-state index is -1.22. The summed E-state index contributed by atoms with van der Waals surface area (Å²) in [5.41, 5.74) is 1.73. The smallest absolute Gasteiger partial charge is 0.372 e. The molecule has 0 saturated heterocycles. The molecular weight excluding hydrogens is 380 g/mol. The molecule has 28 heavy (non-hydrogen) atoms. The van der Waals surface area contributed by atoms with Crippen LogP contribution in [0, 0.1) is 0 Å². The zero-order chi connectivity index (χ0) is 19.7. The topological polar surface area (TPSA) is 109 Å². The fraction of sp³-hybridized carbons (Fsp3) is 0. The molecule has 8 heteroatoms. The van der Waals surface area contributed by atoms with Crippen LogP contribution in [0.1, 0.15) is 20.7 Å². The summed E-state index contributed by atoms with van der Waals surface area (Å²) in [5.74, 6) is -2.28. The first kappa shape index (κ1) is 17.8. The Morgan fingerprint density at radius 1 is 1.00 bits per heavy atom. The fourth-order valence-electron chi connectivity index (χ4n) is 2.75. The van der Waals surface area contributed by atoms with Gasteiger partial charge in [-0.15, -0.1) is 11.3 Å². The predicted molar refractivity (Wildman–Crippen MR) is 103 cm³/mol. The second-order valence-corrected chi connectivity index (χ2v) is 6.98. The summed E-state index contributed by atoms with van der Waals surface area (Å²) in [6.45, 7) is 0. The van der Waals surface area contributed by atoms with Crippen LogP contribution in [0.2, 0.25) is 0 Å². The number of carbonyl (C=O) groups is 2. The predicted octanol–water partition coefficient (Wildman–Crippen LogP) is 3.96. The number of benzene rings is 3. The van der Waals surface area contributed by atoms with Crippen molar-refractivity contribution in [2.45, 2.75) is 0 Å². The van der Waals surface area contributed by atoms with E-state index in [-0.39, 0.29) is 16.8 Å². The van der Waals surface area contributed by atoms with Gasteiger partial charge in [0.05, 0.1) is 43.0 Å². The Morgan fingerprint density at radius 3 is 2.57 bits per heavy atom. The summed E-state index contributed by atoms with van der Waals surface area (Å²) in [5, 5.41) is 18.4. The van der Waals surface area contributed by atoms with E-state index in [1.807, 2.05) is 36.4 Å². The minimum absolute atomic E-state index is 0.114. The van der Waals surface area contributed by atoms with Gasteiger partial charge in [0.1, 0.15) is 0 Å². The normalized spacial score (nSPS) is 11.7. The molecule has 138 valence electrons. The molecule has 2 N–H and O–H groups in total. The average Bonchev–Trinajstić information content (AvgIpc) is 2.71. The van der Waals surface area contributed by atoms with Gasteiger partial charge in [-0.2, -0.15) is 5.26 Å². The van der Waals surface area contributed by atoms with Gasteiger partial charge >= 0.3 is 11.9 Å². The summed E-state index contributed by atoms with van der Waals surface area (Å²) in [6, 6.07) is 17.0. The number of rotatable bonds is 3. The number of carboxylic acid groups (broad SMARTS) is 1. The maximum atomic E-state index is 11.6. The van der Waals surface area contributed by atoms with Crippen LogP contribution in [-0.2, 0) is 4.89 Å². The van der Waals surface area contributed by atoms with Crippen molar-refractivity contribution >= 4 is 39.2 Å². The highest BCUT2D eigenvalue weighted by molar-refractivity contribution is 7.21. The van der Waals surface area contributed by atoms with E-state index in [0.29, 0.717) is 5.36 Å². The van der Waals surface area contributed by atoms with Crippen LogP contribution < -0.4 is 5.36 Å². The number of aromatic nitrogens is 1. The zero-order valence-electron chi connectivity index (χ0n) is 14.2. The van der Waals surface area contributed by atoms with Crippen molar-refractivity contribution in [2.75, 3.05) is 0 Å². The first-order chi connectivity index (χ1) is 13.5. The largest absolute Gasteiger partial charge is 0.478 e. The molecule has 0 spiro atoms. The first-order valence-corrected chi connectivity index (χ1v) is 8.94. The van der Waals surface area contributed by atoms with Gasteiger partial charge in [-0.1, -0.05) is 12.1 Å². The highest BCUT2D eigenvalue weighted by atomic mass is 32.1. The van der Waals surface area contributed by atoms with Gasteiger partial charge in [-0.3, -0.25) is 4.89 Å². The Balaban J connectivity index is 1.86. The van der Waals surface area contributed by atoms with Gasteiger partial charge in [0.15, 0.2) is 0 Å². The van der Waals surface area contributed by atoms with Crippen LogP contribution in [0.25, 0.3) is 20.8 Å². The van der Waals surface area contributed by atoms with Crippen molar-refractivity contribution in [1.29, 1.82) is 0 Å². The van der Waals surface area contributed by atoms with Crippen LogP contribution in [0.3, 0.4) is 0 Å². The molecule has 1 heterocycles. The van der Waals surface area contributed by atoms with E-state index in [2.05, 4.69) is 14.9 Å². The van der Waals surface area contributed by atoms with Crippen molar-refractivity contribution < 1.29 is 24.8 Å². The number of hydrogen-bond acceptors (Lipinski definition) is 7. The summed E-state index contributed by atoms with van der Waals surface area (Å²) in [6.07, 6.45) is 0. The van der Waals surface area contributed by atoms with Crippen LogP contribution in [0.15, 0.2) is 65.7 Å². The second kappa shape index (κ2) is 7.18. The summed E-state index contributed by atoms with van der Waals surface area (Å²) < 4.78 is 1.04. The third kappa shape index (κ3) is 3.46. The molecule has 0 unspecified atom stereocenters. The van der Waals surface area contributed by atoms with Crippen LogP contribution in [0.4, 0.5) is 5.69 Å². The molecule has 1 aliphatic carbocycles. The molecule has 0 bridgehead atoms. The van der Waals surface area contributed by atoms with Crippen molar-refractivity contribution in [1.82, 2.24) is 4.98 Å². The molecule has 4 rings (SSSR count). The van der Waals surface area contributed by atoms with Crippen molar-refractivity contribution in [3.8, 4) is 10.6 Å². The summed E-state index contributed by atoms with van der Waals surface area (Å²) >= 11 is 1.57. The number of carbonyl (C=O) groups excluding carboxylic acids is 1. The van der Waals surface area contributed by atoms with E-state index in [1.54, 1.807) is 17.4 Å². The maximum Gasteiger partial charge on any atom is 0.372 e. The van der Waals surface area contributed by atoms with Crippen LogP contribution in [-0.4, -0.2) is 27.3 Å². The molecule has 7 nitrogen and oxygen atoms in total. The number of nitrogens with zero attached hydrogens (tertiary/aromatic N) is 2. The first-order valence-electron chi connectivity index (χ1n) is 8.12. The Bertz CT molecular complexity index is 1260. The van der Waals surface area contributed by atoms with E-state index in [1.165, 1.54) is 12.1 Å². The highest BCUT2D eigenvalue weighted by Gasteiger charge is 2.13.